The van der Waals surface area contributed by atoms with Crippen molar-refractivity contribution in [3.05, 3.63) is 59.4 Å². The number of hydrogen-bond acceptors (Lipinski definition) is 5. The van der Waals surface area contributed by atoms with E-state index in [1.807, 2.05) is 49.9 Å². The van der Waals surface area contributed by atoms with Gasteiger partial charge in [-0.25, -0.2) is 14.4 Å². The maximum atomic E-state index is 13.9. The van der Waals surface area contributed by atoms with Gasteiger partial charge in [-0.05, 0) is 44.0 Å². The summed E-state index contributed by atoms with van der Waals surface area (Å²) in [5.74, 6) is 0.420. The van der Waals surface area contributed by atoms with Gasteiger partial charge in [0.25, 0.3) is 0 Å². The van der Waals surface area contributed by atoms with Gasteiger partial charge in [-0.2, -0.15) is 5.10 Å². The summed E-state index contributed by atoms with van der Waals surface area (Å²) in [5, 5.41) is 4.48. The number of anilines is 1. The van der Waals surface area contributed by atoms with Crippen LogP contribution in [0, 0.1) is 12.7 Å². The highest BCUT2D eigenvalue weighted by Gasteiger charge is 2.31. The Labute approximate surface area is 171 Å². The largest absolute Gasteiger partial charge is 0.347 e. The summed E-state index contributed by atoms with van der Waals surface area (Å²) in [5.41, 5.74) is 4.96. The molecule has 1 unspecified atom stereocenters. The van der Waals surface area contributed by atoms with Crippen LogP contribution in [0.1, 0.15) is 35.8 Å². The van der Waals surface area contributed by atoms with Gasteiger partial charge >= 0.3 is 0 Å². The topological polar surface area (TPSA) is 50.1 Å². The van der Waals surface area contributed by atoms with Crippen LogP contribution in [0.15, 0.2) is 36.7 Å². The first kappa shape index (κ1) is 19.5. The number of likely N-dealkylation sites (tertiary alicyclic amines) is 1. The summed E-state index contributed by atoms with van der Waals surface area (Å²) in [7, 11) is 5.83. The minimum absolute atomic E-state index is 0.162. The molecule has 0 bridgehead atoms. The van der Waals surface area contributed by atoms with Crippen molar-refractivity contribution in [2.24, 2.45) is 7.05 Å². The Bertz CT molecular complexity index is 1010. The van der Waals surface area contributed by atoms with E-state index in [0.717, 1.165) is 48.4 Å². The lowest BCUT2D eigenvalue weighted by molar-refractivity contribution is 0.244. The Balaban J connectivity index is 1.74. The third-order valence-electron chi connectivity index (χ3n) is 5.51. The maximum Gasteiger partial charge on any atom is 0.225 e. The number of aryl methyl sites for hydroxylation is 2. The van der Waals surface area contributed by atoms with Gasteiger partial charge in [-0.15, -0.1) is 0 Å². The predicted molar refractivity (Wildman–Crippen MR) is 112 cm³/mol. The molecule has 1 saturated heterocycles. The SMILES string of the molecule is Cc1nn(C)cc1CN1CCCC1c1nc(N(C)C)ncc1-c1cccc(F)c1. The van der Waals surface area contributed by atoms with Gasteiger partial charge in [0, 0.05) is 51.2 Å². The van der Waals surface area contributed by atoms with E-state index in [-0.39, 0.29) is 11.9 Å². The van der Waals surface area contributed by atoms with Crippen LogP contribution in [-0.4, -0.2) is 45.3 Å². The van der Waals surface area contributed by atoms with Crippen molar-refractivity contribution in [3.8, 4) is 11.1 Å². The van der Waals surface area contributed by atoms with E-state index in [4.69, 9.17) is 4.98 Å². The van der Waals surface area contributed by atoms with Gasteiger partial charge in [0.1, 0.15) is 5.82 Å². The van der Waals surface area contributed by atoms with Crippen molar-refractivity contribution in [1.29, 1.82) is 0 Å². The first-order valence-corrected chi connectivity index (χ1v) is 9.95. The summed E-state index contributed by atoms with van der Waals surface area (Å²) >= 11 is 0. The Morgan fingerprint density at radius 2 is 2.10 bits per heavy atom. The van der Waals surface area contributed by atoms with E-state index >= 15 is 0 Å². The lowest BCUT2D eigenvalue weighted by Gasteiger charge is -2.26. The van der Waals surface area contributed by atoms with Crippen molar-refractivity contribution in [3.63, 3.8) is 0 Å². The summed E-state index contributed by atoms with van der Waals surface area (Å²) in [6, 6.07) is 6.84. The minimum Gasteiger partial charge on any atom is -0.347 e. The van der Waals surface area contributed by atoms with Gasteiger partial charge in [-0.1, -0.05) is 12.1 Å². The molecule has 3 heterocycles. The molecule has 29 heavy (non-hydrogen) atoms. The monoisotopic (exact) mass is 394 g/mol. The van der Waals surface area contributed by atoms with Gasteiger partial charge in [-0.3, -0.25) is 9.58 Å². The first-order chi connectivity index (χ1) is 13.9. The normalized spacial score (nSPS) is 17.1. The molecule has 0 radical (unpaired) electrons. The molecule has 3 aromatic rings. The highest BCUT2D eigenvalue weighted by atomic mass is 19.1. The number of hydrogen-bond donors (Lipinski definition) is 0. The first-order valence-electron chi connectivity index (χ1n) is 9.95. The van der Waals surface area contributed by atoms with Crippen molar-refractivity contribution < 1.29 is 4.39 Å². The molecule has 1 aliphatic heterocycles. The van der Waals surface area contributed by atoms with Gasteiger partial charge < -0.3 is 4.90 Å². The van der Waals surface area contributed by atoms with Crippen LogP contribution in [0.25, 0.3) is 11.1 Å². The highest BCUT2D eigenvalue weighted by Crippen LogP contribution is 2.38. The second-order valence-corrected chi connectivity index (χ2v) is 7.92. The molecule has 0 N–H and O–H groups in total. The average molecular weight is 394 g/mol. The Morgan fingerprint density at radius 1 is 1.28 bits per heavy atom. The van der Waals surface area contributed by atoms with E-state index in [9.17, 15) is 4.39 Å². The molecule has 6 nitrogen and oxygen atoms in total. The smallest absolute Gasteiger partial charge is 0.225 e. The van der Waals surface area contributed by atoms with Gasteiger partial charge in [0.15, 0.2) is 0 Å². The van der Waals surface area contributed by atoms with Crippen LogP contribution in [0.4, 0.5) is 10.3 Å². The Kier molecular flexibility index (Phi) is 5.32. The van der Waals surface area contributed by atoms with Crippen molar-refractivity contribution >= 4 is 5.95 Å². The summed E-state index contributed by atoms with van der Waals surface area (Å²) in [6.45, 7) is 3.88. The summed E-state index contributed by atoms with van der Waals surface area (Å²) < 4.78 is 15.8. The third kappa shape index (κ3) is 4.00. The van der Waals surface area contributed by atoms with E-state index in [1.165, 1.54) is 11.6 Å². The molecular formula is C22H27FN6. The van der Waals surface area contributed by atoms with E-state index in [2.05, 4.69) is 21.2 Å². The number of aromatic nitrogens is 4. The van der Waals surface area contributed by atoms with Crippen molar-refractivity contribution in [2.45, 2.75) is 32.4 Å². The van der Waals surface area contributed by atoms with E-state index in [0.29, 0.717) is 5.95 Å². The molecule has 1 atom stereocenters. The van der Waals surface area contributed by atoms with E-state index in [1.54, 1.807) is 12.1 Å². The summed E-state index contributed by atoms with van der Waals surface area (Å²) in [6.07, 6.45) is 6.04. The second-order valence-electron chi connectivity index (χ2n) is 7.92. The summed E-state index contributed by atoms with van der Waals surface area (Å²) in [4.78, 5) is 13.8. The second kappa shape index (κ2) is 7.91. The van der Waals surface area contributed by atoms with Crippen LogP contribution < -0.4 is 4.90 Å². The predicted octanol–water partition coefficient (Wildman–Crippen LogP) is 3.73. The van der Waals surface area contributed by atoms with Crippen molar-refractivity contribution in [1.82, 2.24) is 24.6 Å². The van der Waals surface area contributed by atoms with Crippen molar-refractivity contribution in [2.75, 3.05) is 25.5 Å². The van der Waals surface area contributed by atoms with Gasteiger partial charge in [0.2, 0.25) is 5.95 Å². The van der Waals surface area contributed by atoms with Crippen LogP contribution in [-0.2, 0) is 13.6 Å². The zero-order chi connectivity index (χ0) is 20.5. The quantitative estimate of drug-likeness (QED) is 0.660. The lowest BCUT2D eigenvalue weighted by Crippen LogP contribution is -2.25. The zero-order valence-electron chi connectivity index (χ0n) is 17.4. The van der Waals surface area contributed by atoms with E-state index < -0.39 is 0 Å². The molecular weight excluding hydrogens is 367 g/mol. The molecule has 1 aromatic carbocycles. The van der Waals surface area contributed by atoms with Gasteiger partial charge in [0.05, 0.1) is 17.4 Å². The fraction of sp³-hybridized carbons (Fsp3) is 0.409. The Morgan fingerprint density at radius 3 is 2.79 bits per heavy atom. The Hall–Kier alpha value is -2.80. The number of halogens is 1. The molecule has 1 fully saturated rings. The number of nitrogens with zero attached hydrogens (tertiary/aromatic N) is 6. The molecule has 0 aliphatic carbocycles. The molecule has 7 heteroatoms. The lowest BCUT2D eigenvalue weighted by atomic mass is 9.99. The molecule has 2 aromatic heterocycles. The number of rotatable bonds is 5. The molecule has 0 amide bonds. The number of benzene rings is 1. The fourth-order valence-electron chi connectivity index (χ4n) is 4.08. The van der Waals surface area contributed by atoms with Crippen LogP contribution >= 0.6 is 0 Å². The standard InChI is InChI=1S/C22H27FN6/c1-15-17(13-28(4)26-15)14-29-10-6-9-20(29)21-19(12-24-22(25-21)27(2)3)16-7-5-8-18(23)11-16/h5,7-8,11-13,20H,6,9-10,14H2,1-4H3. The molecule has 1 aliphatic rings. The third-order valence-corrected chi connectivity index (χ3v) is 5.51. The maximum absolute atomic E-state index is 13.9. The fourth-order valence-corrected chi connectivity index (χ4v) is 4.08. The highest BCUT2D eigenvalue weighted by molar-refractivity contribution is 5.66. The molecule has 0 saturated carbocycles. The van der Waals surface area contributed by atoms with Crippen LogP contribution in [0.3, 0.4) is 0 Å². The average Bonchev–Trinajstić information content (AvgIpc) is 3.27. The molecule has 152 valence electrons. The molecule has 0 spiro atoms. The molecule has 4 rings (SSSR count). The minimum atomic E-state index is -0.251. The van der Waals surface area contributed by atoms with Crippen LogP contribution in [0.2, 0.25) is 0 Å². The van der Waals surface area contributed by atoms with Crippen LogP contribution in [0.5, 0.6) is 0 Å². The zero-order valence-corrected chi connectivity index (χ0v) is 17.4.